The van der Waals surface area contributed by atoms with Gasteiger partial charge in [0.15, 0.2) is 5.16 Å². The zero-order valence-corrected chi connectivity index (χ0v) is 22.7. The number of aromatic nitrogens is 2. The van der Waals surface area contributed by atoms with Crippen molar-refractivity contribution >= 4 is 33.3 Å². The maximum absolute atomic E-state index is 14.2. The molecule has 0 radical (unpaired) electrons. The van der Waals surface area contributed by atoms with Gasteiger partial charge in [-0.1, -0.05) is 90.1 Å². The first-order chi connectivity index (χ1) is 18.1. The van der Waals surface area contributed by atoms with Crippen LogP contribution in [-0.2, 0) is 25.3 Å². The smallest absolute Gasteiger partial charge is 0.267 e. The van der Waals surface area contributed by atoms with Crippen LogP contribution in [0.4, 0.5) is 0 Å². The van der Waals surface area contributed by atoms with Gasteiger partial charge in [-0.3, -0.25) is 14.3 Å². The molecule has 186 valence electrons. The van der Waals surface area contributed by atoms with Crippen molar-refractivity contribution in [3.05, 3.63) is 122 Å². The molecule has 37 heavy (non-hydrogen) atoms. The Balaban J connectivity index is 1.42. The van der Waals surface area contributed by atoms with E-state index in [-0.39, 0.29) is 5.56 Å². The maximum Gasteiger partial charge on any atom is 0.267 e. The SMILES string of the molecule is Cc1ccc(-n2c(SCc3ccccc3)nc3sc4c(c3c2=O)CCN(Cc2ccccc2)C4)c(C)c1. The van der Waals surface area contributed by atoms with Crippen molar-refractivity contribution in [1.82, 2.24) is 14.5 Å². The second-order valence-electron chi connectivity index (χ2n) is 9.73. The van der Waals surface area contributed by atoms with Crippen LogP contribution in [0.3, 0.4) is 0 Å². The summed E-state index contributed by atoms with van der Waals surface area (Å²) in [6.45, 7) is 6.90. The normalized spacial score (nSPS) is 13.7. The first-order valence-corrected chi connectivity index (χ1v) is 14.4. The Morgan fingerprint density at radius 3 is 2.41 bits per heavy atom. The Hall–Kier alpha value is -3.19. The highest BCUT2D eigenvalue weighted by atomic mass is 32.2. The average Bonchev–Trinajstić information content (AvgIpc) is 3.27. The van der Waals surface area contributed by atoms with Crippen LogP contribution in [0.2, 0.25) is 0 Å². The molecule has 1 aliphatic heterocycles. The molecule has 0 unspecified atom stereocenters. The van der Waals surface area contributed by atoms with Gasteiger partial charge in [-0.15, -0.1) is 11.3 Å². The Morgan fingerprint density at radius 2 is 1.68 bits per heavy atom. The van der Waals surface area contributed by atoms with Gasteiger partial charge >= 0.3 is 0 Å². The molecule has 0 aliphatic carbocycles. The number of thiophene rings is 1. The highest BCUT2D eigenvalue weighted by Gasteiger charge is 2.26. The van der Waals surface area contributed by atoms with Crippen LogP contribution >= 0.6 is 23.1 Å². The van der Waals surface area contributed by atoms with Crippen LogP contribution in [0.1, 0.15) is 32.7 Å². The number of hydrogen-bond donors (Lipinski definition) is 0. The fourth-order valence-electron chi connectivity index (χ4n) is 5.14. The summed E-state index contributed by atoms with van der Waals surface area (Å²) in [5.74, 6) is 0.764. The molecule has 4 nitrogen and oxygen atoms in total. The number of aryl methyl sites for hydroxylation is 2. The van der Waals surface area contributed by atoms with Gasteiger partial charge in [0.1, 0.15) is 4.83 Å². The Labute approximate surface area is 225 Å². The summed E-state index contributed by atoms with van der Waals surface area (Å²) < 4.78 is 1.86. The summed E-state index contributed by atoms with van der Waals surface area (Å²) in [6.07, 6.45) is 0.877. The minimum absolute atomic E-state index is 0.0570. The van der Waals surface area contributed by atoms with Crippen LogP contribution < -0.4 is 5.56 Å². The van der Waals surface area contributed by atoms with Crippen molar-refractivity contribution in [2.45, 2.75) is 44.3 Å². The molecule has 1 aliphatic rings. The molecule has 0 atom stereocenters. The lowest BCUT2D eigenvalue weighted by atomic mass is 10.0. The molecule has 0 N–H and O–H groups in total. The minimum Gasteiger partial charge on any atom is -0.294 e. The Morgan fingerprint density at radius 1 is 0.946 bits per heavy atom. The van der Waals surface area contributed by atoms with E-state index in [0.29, 0.717) is 0 Å². The molecular weight excluding hydrogens is 494 g/mol. The second kappa shape index (κ2) is 10.3. The molecule has 0 amide bonds. The van der Waals surface area contributed by atoms with Crippen molar-refractivity contribution in [3.63, 3.8) is 0 Å². The predicted octanol–water partition coefficient (Wildman–Crippen LogP) is 6.91. The number of nitrogens with zero attached hydrogens (tertiary/aromatic N) is 3. The Kier molecular flexibility index (Phi) is 6.72. The van der Waals surface area contributed by atoms with Crippen molar-refractivity contribution < 1.29 is 0 Å². The van der Waals surface area contributed by atoms with Crippen LogP contribution in [-0.4, -0.2) is 21.0 Å². The van der Waals surface area contributed by atoms with E-state index in [1.165, 1.54) is 27.1 Å². The van der Waals surface area contributed by atoms with Gasteiger partial charge in [-0.25, -0.2) is 4.98 Å². The highest BCUT2D eigenvalue weighted by Crippen LogP contribution is 2.35. The topological polar surface area (TPSA) is 38.1 Å². The summed E-state index contributed by atoms with van der Waals surface area (Å²) >= 11 is 3.33. The van der Waals surface area contributed by atoms with Gasteiger partial charge in [0.05, 0.1) is 11.1 Å². The molecule has 0 bridgehead atoms. The summed E-state index contributed by atoms with van der Waals surface area (Å²) in [5, 5.41) is 1.57. The highest BCUT2D eigenvalue weighted by molar-refractivity contribution is 7.98. The van der Waals surface area contributed by atoms with E-state index in [4.69, 9.17) is 4.98 Å². The van der Waals surface area contributed by atoms with E-state index in [9.17, 15) is 4.79 Å². The van der Waals surface area contributed by atoms with Gasteiger partial charge in [0.2, 0.25) is 0 Å². The van der Waals surface area contributed by atoms with E-state index < -0.39 is 0 Å². The number of rotatable bonds is 6. The largest absolute Gasteiger partial charge is 0.294 e. The number of hydrogen-bond acceptors (Lipinski definition) is 5. The molecule has 0 spiro atoms. The monoisotopic (exact) mass is 523 g/mol. The van der Waals surface area contributed by atoms with Crippen molar-refractivity contribution in [3.8, 4) is 5.69 Å². The maximum atomic E-state index is 14.2. The molecule has 3 heterocycles. The molecule has 3 aromatic carbocycles. The quantitative estimate of drug-likeness (QED) is 0.179. The third-order valence-electron chi connectivity index (χ3n) is 6.98. The van der Waals surface area contributed by atoms with Crippen molar-refractivity contribution in [2.75, 3.05) is 6.54 Å². The number of fused-ring (bicyclic) bond motifs is 3. The third-order valence-corrected chi connectivity index (χ3v) is 9.10. The first kappa shape index (κ1) is 24.2. The van der Waals surface area contributed by atoms with E-state index in [1.807, 2.05) is 10.6 Å². The van der Waals surface area contributed by atoms with E-state index in [2.05, 4.69) is 91.5 Å². The molecule has 0 saturated carbocycles. The lowest BCUT2D eigenvalue weighted by Crippen LogP contribution is -2.30. The fraction of sp³-hybridized carbons (Fsp3) is 0.226. The standard InChI is InChI=1S/C31H29N3OS2/c1-21-13-14-26(22(2)17-21)34-30(35)28-25-15-16-33(18-23-9-5-3-6-10-23)19-27(25)37-29(28)32-31(34)36-20-24-11-7-4-8-12-24/h3-14,17H,15-16,18-20H2,1-2H3. The molecule has 0 fully saturated rings. The van der Waals surface area contributed by atoms with Gasteiger partial charge < -0.3 is 0 Å². The predicted molar refractivity (Wildman–Crippen MR) is 155 cm³/mol. The zero-order chi connectivity index (χ0) is 25.4. The van der Waals surface area contributed by atoms with Crippen LogP contribution in [0.5, 0.6) is 0 Å². The molecule has 5 aromatic rings. The fourth-order valence-corrected chi connectivity index (χ4v) is 7.41. The van der Waals surface area contributed by atoms with Crippen molar-refractivity contribution in [2.24, 2.45) is 0 Å². The molecule has 6 rings (SSSR count). The summed E-state index contributed by atoms with van der Waals surface area (Å²) in [4.78, 5) is 24.0. The third kappa shape index (κ3) is 4.89. The van der Waals surface area contributed by atoms with Crippen LogP contribution in [0, 0.1) is 13.8 Å². The molecular formula is C31H29N3OS2. The van der Waals surface area contributed by atoms with E-state index >= 15 is 0 Å². The Bertz CT molecular complexity index is 1620. The second-order valence-corrected chi connectivity index (χ2v) is 11.8. The van der Waals surface area contributed by atoms with Crippen LogP contribution in [0.25, 0.3) is 15.9 Å². The van der Waals surface area contributed by atoms with Crippen molar-refractivity contribution in [1.29, 1.82) is 0 Å². The van der Waals surface area contributed by atoms with E-state index in [1.54, 1.807) is 23.1 Å². The minimum atomic E-state index is 0.0570. The first-order valence-electron chi connectivity index (χ1n) is 12.6. The van der Waals surface area contributed by atoms with Gasteiger partial charge in [-0.05, 0) is 48.6 Å². The van der Waals surface area contributed by atoms with Gasteiger partial charge in [0.25, 0.3) is 5.56 Å². The zero-order valence-electron chi connectivity index (χ0n) is 21.1. The summed E-state index contributed by atoms with van der Waals surface area (Å²) in [6, 6.07) is 27.3. The molecule has 2 aromatic heterocycles. The lowest BCUT2D eigenvalue weighted by molar-refractivity contribution is 0.249. The number of benzene rings is 3. The van der Waals surface area contributed by atoms with Gasteiger partial charge in [0, 0.05) is 30.3 Å². The summed E-state index contributed by atoms with van der Waals surface area (Å²) in [7, 11) is 0. The number of thioether (sulfide) groups is 1. The lowest BCUT2D eigenvalue weighted by Gasteiger charge is -2.26. The average molecular weight is 524 g/mol. The van der Waals surface area contributed by atoms with Gasteiger partial charge in [-0.2, -0.15) is 0 Å². The molecule has 0 saturated heterocycles. The summed E-state index contributed by atoms with van der Waals surface area (Å²) in [5.41, 5.74) is 6.98. The molecule has 6 heteroatoms. The van der Waals surface area contributed by atoms with E-state index in [0.717, 1.165) is 58.4 Å². The van der Waals surface area contributed by atoms with Crippen LogP contribution in [0.15, 0.2) is 88.8 Å².